The standard InChI is InChI=1S/C25H18O3/c26-23(19-9-12-24-25(16-19)28-14-13-27-24)11-10-22-20-7-3-1-5-17(20)15-18-6-2-4-8-21(18)22/h1-12,15-16H,13-14H2/b11-10+. The first-order valence-electron chi connectivity index (χ1n) is 9.32. The zero-order valence-corrected chi connectivity index (χ0v) is 15.2. The fourth-order valence-electron chi connectivity index (χ4n) is 3.68. The summed E-state index contributed by atoms with van der Waals surface area (Å²) in [7, 11) is 0. The number of hydrogen-bond donors (Lipinski definition) is 0. The van der Waals surface area contributed by atoms with E-state index < -0.39 is 0 Å². The van der Waals surface area contributed by atoms with Crippen molar-refractivity contribution in [1.82, 2.24) is 0 Å². The van der Waals surface area contributed by atoms with Gasteiger partial charge < -0.3 is 9.47 Å². The van der Waals surface area contributed by atoms with Gasteiger partial charge in [0.15, 0.2) is 17.3 Å². The number of hydrogen-bond acceptors (Lipinski definition) is 3. The second-order valence-corrected chi connectivity index (χ2v) is 6.79. The van der Waals surface area contributed by atoms with Crippen LogP contribution in [0.15, 0.2) is 78.9 Å². The molecule has 0 aromatic heterocycles. The van der Waals surface area contributed by atoms with Crippen LogP contribution in [0.4, 0.5) is 0 Å². The largest absolute Gasteiger partial charge is 0.486 e. The average molecular weight is 366 g/mol. The fourth-order valence-corrected chi connectivity index (χ4v) is 3.68. The molecule has 4 aromatic rings. The zero-order valence-electron chi connectivity index (χ0n) is 15.2. The van der Waals surface area contributed by atoms with E-state index in [1.807, 2.05) is 30.3 Å². The van der Waals surface area contributed by atoms with E-state index in [0.717, 1.165) is 27.1 Å². The smallest absolute Gasteiger partial charge is 0.185 e. The summed E-state index contributed by atoms with van der Waals surface area (Å²) < 4.78 is 11.1. The lowest BCUT2D eigenvalue weighted by Gasteiger charge is -2.18. The summed E-state index contributed by atoms with van der Waals surface area (Å²) in [6.45, 7) is 1.04. The first-order valence-corrected chi connectivity index (χ1v) is 9.32. The highest BCUT2D eigenvalue weighted by atomic mass is 16.6. The van der Waals surface area contributed by atoms with Gasteiger partial charge in [0.1, 0.15) is 13.2 Å². The van der Waals surface area contributed by atoms with Gasteiger partial charge in [-0.15, -0.1) is 0 Å². The van der Waals surface area contributed by atoms with Crippen molar-refractivity contribution in [2.24, 2.45) is 0 Å². The molecule has 0 saturated carbocycles. The van der Waals surface area contributed by atoms with Crippen LogP contribution in [0.1, 0.15) is 15.9 Å². The van der Waals surface area contributed by atoms with Crippen LogP contribution in [0, 0.1) is 0 Å². The van der Waals surface area contributed by atoms with Crippen LogP contribution in [0.5, 0.6) is 11.5 Å². The van der Waals surface area contributed by atoms with E-state index in [9.17, 15) is 4.79 Å². The van der Waals surface area contributed by atoms with Crippen molar-refractivity contribution in [2.75, 3.05) is 13.2 Å². The van der Waals surface area contributed by atoms with Gasteiger partial charge in [0.25, 0.3) is 0 Å². The van der Waals surface area contributed by atoms with Gasteiger partial charge in [0.05, 0.1) is 0 Å². The van der Waals surface area contributed by atoms with E-state index in [1.165, 1.54) is 0 Å². The Bertz CT molecular complexity index is 1180. The van der Waals surface area contributed by atoms with Gasteiger partial charge in [-0.25, -0.2) is 0 Å². The average Bonchev–Trinajstić information content (AvgIpc) is 2.76. The molecule has 5 rings (SSSR count). The topological polar surface area (TPSA) is 35.5 Å². The summed E-state index contributed by atoms with van der Waals surface area (Å²) >= 11 is 0. The Kier molecular flexibility index (Phi) is 4.06. The molecule has 0 fully saturated rings. The molecule has 0 unspecified atom stereocenters. The highest BCUT2D eigenvalue weighted by Gasteiger charge is 2.14. The lowest BCUT2D eigenvalue weighted by atomic mass is 9.96. The molecule has 0 spiro atoms. The third-order valence-corrected chi connectivity index (χ3v) is 5.04. The first kappa shape index (κ1) is 16.6. The monoisotopic (exact) mass is 366 g/mol. The van der Waals surface area contributed by atoms with E-state index >= 15 is 0 Å². The predicted molar refractivity (Wildman–Crippen MR) is 112 cm³/mol. The molecule has 0 atom stereocenters. The highest BCUT2D eigenvalue weighted by molar-refractivity contribution is 6.12. The maximum absolute atomic E-state index is 12.8. The minimum atomic E-state index is -0.0611. The molecule has 3 heteroatoms. The number of carbonyl (C=O) groups excluding carboxylic acids is 1. The van der Waals surface area contributed by atoms with Gasteiger partial charge in [-0.3, -0.25) is 4.79 Å². The van der Waals surface area contributed by atoms with E-state index in [-0.39, 0.29) is 5.78 Å². The maximum atomic E-state index is 12.8. The van der Waals surface area contributed by atoms with E-state index in [4.69, 9.17) is 9.47 Å². The number of fused-ring (bicyclic) bond motifs is 3. The van der Waals surface area contributed by atoms with Crippen LogP contribution >= 0.6 is 0 Å². The fraction of sp³-hybridized carbons (Fsp3) is 0.0800. The van der Waals surface area contributed by atoms with Crippen molar-refractivity contribution in [3.63, 3.8) is 0 Å². The predicted octanol–water partition coefficient (Wildman–Crippen LogP) is 5.66. The minimum absolute atomic E-state index is 0.0611. The molecule has 1 aliphatic heterocycles. The van der Waals surface area contributed by atoms with Gasteiger partial charge >= 0.3 is 0 Å². The molecule has 136 valence electrons. The Labute approximate surface area is 162 Å². The third kappa shape index (κ3) is 2.91. The molecule has 0 bridgehead atoms. The van der Waals surface area contributed by atoms with Gasteiger partial charge in [-0.2, -0.15) is 0 Å². The maximum Gasteiger partial charge on any atom is 0.185 e. The van der Waals surface area contributed by atoms with Gasteiger partial charge in [-0.05, 0) is 63.5 Å². The molecule has 4 aromatic carbocycles. The highest BCUT2D eigenvalue weighted by Crippen LogP contribution is 2.32. The quantitative estimate of drug-likeness (QED) is 0.267. The molecule has 0 aliphatic carbocycles. The summed E-state index contributed by atoms with van der Waals surface area (Å²) in [5.41, 5.74) is 1.64. The Balaban J connectivity index is 1.57. The molecular formula is C25H18O3. The Morgan fingerprint density at radius 3 is 2.11 bits per heavy atom. The summed E-state index contributed by atoms with van der Waals surface area (Å²) in [5, 5.41) is 4.58. The van der Waals surface area contributed by atoms with Crippen molar-refractivity contribution < 1.29 is 14.3 Å². The van der Waals surface area contributed by atoms with Crippen LogP contribution in [-0.4, -0.2) is 19.0 Å². The molecule has 0 radical (unpaired) electrons. The Hall–Kier alpha value is -3.59. The number of allylic oxidation sites excluding steroid dienone is 1. The van der Waals surface area contributed by atoms with Crippen molar-refractivity contribution in [1.29, 1.82) is 0 Å². The molecule has 3 nitrogen and oxygen atoms in total. The van der Waals surface area contributed by atoms with Crippen molar-refractivity contribution in [2.45, 2.75) is 0 Å². The molecule has 0 N–H and O–H groups in total. The number of rotatable bonds is 3. The third-order valence-electron chi connectivity index (χ3n) is 5.04. The Morgan fingerprint density at radius 1 is 0.750 bits per heavy atom. The molecule has 1 heterocycles. The van der Waals surface area contributed by atoms with Gasteiger partial charge in [0.2, 0.25) is 0 Å². The lowest BCUT2D eigenvalue weighted by Crippen LogP contribution is -2.15. The van der Waals surface area contributed by atoms with E-state index in [0.29, 0.717) is 30.3 Å². The van der Waals surface area contributed by atoms with Crippen LogP contribution < -0.4 is 9.47 Å². The summed E-state index contributed by atoms with van der Waals surface area (Å²) in [6, 6.07) is 24.0. The van der Waals surface area contributed by atoms with E-state index in [1.54, 1.807) is 24.3 Å². The molecular weight excluding hydrogens is 348 g/mol. The molecule has 0 amide bonds. The minimum Gasteiger partial charge on any atom is -0.486 e. The van der Waals surface area contributed by atoms with Crippen molar-refractivity contribution >= 4 is 33.4 Å². The summed E-state index contributed by atoms with van der Waals surface area (Å²) in [6.07, 6.45) is 3.56. The molecule has 0 saturated heterocycles. The number of ketones is 1. The number of carbonyl (C=O) groups is 1. The SMILES string of the molecule is O=C(/C=C/c1c2ccccc2cc2ccccc12)c1ccc2c(c1)OCCO2. The van der Waals surface area contributed by atoms with Gasteiger partial charge in [-0.1, -0.05) is 48.5 Å². The second-order valence-electron chi connectivity index (χ2n) is 6.79. The number of ether oxygens (including phenoxy) is 2. The normalized spacial score (nSPS) is 13.3. The second kappa shape index (κ2) is 6.86. The molecule has 1 aliphatic rings. The van der Waals surface area contributed by atoms with Gasteiger partial charge in [0, 0.05) is 5.56 Å². The summed E-state index contributed by atoms with van der Waals surface area (Å²) in [4.78, 5) is 12.8. The van der Waals surface area contributed by atoms with Crippen LogP contribution in [0.3, 0.4) is 0 Å². The van der Waals surface area contributed by atoms with Crippen LogP contribution in [0.25, 0.3) is 27.6 Å². The van der Waals surface area contributed by atoms with Crippen LogP contribution in [-0.2, 0) is 0 Å². The van der Waals surface area contributed by atoms with Crippen LogP contribution in [0.2, 0.25) is 0 Å². The molecule has 28 heavy (non-hydrogen) atoms. The zero-order chi connectivity index (χ0) is 18.9. The first-order chi connectivity index (χ1) is 13.8. The number of benzene rings is 4. The Morgan fingerprint density at radius 2 is 1.39 bits per heavy atom. The van der Waals surface area contributed by atoms with E-state index in [2.05, 4.69) is 30.3 Å². The van der Waals surface area contributed by atoms with Crippen molar-refractivity contribution in [3.8, 4) is 11.5 Å². The summed E-state index contributed by atoms with van der Waals surface area (Å²) in [5.74, 6) is 1.25. The lowest BCUT2D eigenvalue weighted by molar-refractivity contribution is 0.104. The van der Waals surface area contributed by atoms with Crippen molar-refractivity contribution in [3.05, 3.63) is 90.0 Å².